The van der Waals surface area contributed by atoms with Crippen molar-refractivity contribution in [2.45, 2.75) is 18.2 Å². The molecule has 6 heteroatoms. The molecule has 0 bridgehead atoms. The number of rotatable bonds is 5. The molecule has 1 aromatic carbocycles. The van der Waals surface area contributed by atoms with Gasteiger partial charge in [-0.2, -0.15) is 0 Å². The maximum Gasteiger partial charge on any atom is 0.270 e. The minimum absolute atomic E-state index is 0.139. The van der Waals surface area contributed by atoms with E-state index in [4.69, 9.17) is 0 Å². The van der Waals surface area contributed by atoms with Crippen LogP contribution in [0.2, 0.25) is 0 Å². The molecule has 5 nitrogen and oxygen atoms in total. The zero-order chi connectivity index (χ0) is 15.2. The van der Waals surface area contributed by atoms with Gasteiger partial charge in [-0.1, -0.05) is 42.1 Å². The Morgan fingerprint density at radius 3 is 2.71 bits per heavy atom. The first-order valence-electron chi connectivity index (χ1n) is 6.51. The van der Waals surface area contributed by atoms with Crippen LogP contribution in [0.5, 0.6) is 0 Å². The van der Waals surface area contributed by atoms with E-state index < -0.39 is 6.10 Å². The SMILES string of the molecule is CSc1nc(C)cc(C(=O)NCC(O)c2ccccc2)n1. The summed E-state index contributed by atoms with van der Waals surface area (Å²) in [7, 11) is 0. The Morgan fingerprint density at radius 1 is 1.33 bits per heavy atom. The van der Waals surface area contributed by atoms with E-state index >= 15 is 0 Å². The number of amides is 1. The number of nitrogens with one attached hydrogen (secondary N) is 1. The van der Waals surface area contributed by atoms with E-state index in [1.807, 2.05) is 43.5 Å². The summed E-state index contributed by atoms with van der Waals surface area (Å²) in [6, 6.07) is 10.8. The van der Waals surface area contributed by atoms with Crippen LogP contribution in [0, 0.1) is 6.92 Å². The Morgan fingerprint density at radius 2 is 2.05 bits per heavy atom. The Balaban J connectivity index is 2.00. The van der Waals surface area contributed by atoms with Crippen LogP contribution in [0.1, 0.15) is 27.8 Å². The van der Waals surface area contributed by atoms with Crippen molar-refractivity contribution in [1.82, 2.24) is 15.3 Å². The van der Waals surface area contributed by atoms with E-state index in [0.29, 0.717) is 10.9 Å². The summed E-state index contributed by atoms with van der Waals surface area (Å²) >= 11 is 1.38. The third-order valence-electron chi connectivity index (χ3n) is 2.89. The second-order valence-electron chi connectivity index (χ2n) is 4.52. The predicted molar refractivity (Wildman–Crippen MR) is 82.3 cm³/mol. The van der Waals surface area contributed by atoms with E-state index in [1.54, 1.807) is 6.07 Å². The molecule has 1 unspecified atom stereocenters. The number of carbonyl (C=O) groups is 1. The summed E-state index contributed by atoms with van der Waals surface area (Å²) in [6.45, 7) is 1.96. The predicted octanol–water partition coefficient (Wildman–Crippen LogP) is 1.97. The van der Waals surface area contributed by atoms with Crippen LogP contribution in [0.3, 0.4) is 0 Å². The maximum atomic E-state index is 12.1. The molecule has 0 radical (unpaired) electrons. The lowest BCUT2D eigenvalue weighted by atomic mass is 10.1. The highest BCUT2D eigenvalue weighted by Gasteiger charge is 2.13. The lowest BCUT2D eigenvalue weighted by Gasteiger charge is -2.12. The quantitative estimate of drug-likeness (QED) is 0.652. The molecule has 0 spiro atoms. The molecular weight excluding hydrogens is 286 g/mol. The average molecular weight is 303 g/mol. The number of aliphatic hydroxyl groups excluding tert-OH is 1. The van der Waals surface area contributed by atoms with Crippen LogP contribution in [0.15, 0.2) is 41.6 Å². The van der Waals surface area contributed by atoms with E-state index in [2.05, 4.69) is 15.3 Å². The summed E-state index contributed by atoms with van der Waals surface area (Å²) in [5.74, 6) is -0.314. The number of nitrogens with zero attached hydrogens (tertiary/aromatic N) is 2. The first-order valence-corrected chi connectivity index (χ1v) is 7.73. The first kappa shape index (κ1) is 15.5. The zero-order valence-electron chi connectivity index (χ0n) is 11.9. The molecule has 1 amide bonds. The largest absolute Gasteiger partial charge is 0.387 e. The van der Waals surface area contributed by atoms with E-state index in [9.17, 15) is 9.90 Å². The smallest absolute Gasteiger partial charge is 0.270 e. The van der Waals surface area contributed by atoms with Gasteiger partial charge in [0.25, 0.3) is 5.91 Å². The van der Waals surface area contributed by atoms with Crippen LogP contribution < -0.4 is 5.32 Å². The van der Waals surface area contributed by atoms with Gasteiger partial charge in [0.1, 0.15) is 5.69 Å². The van der Waals surface area contributed by atoms with Gasteiger partial charge < -0.3 is 10.4 Å². The highest BCUT2D eigenvalue weighted by molar-refractivity contribution is 7.98. The molecule has 21 heavy (non-hydrogen) atoms. The molecule has 2 rings (SSSR count). The molecule has 110 valence electrons. The lowest BCUT2D eigenvalue weighted by Crippen LogP contribution is -2.29. The Hall–Kier alpha value is -1.92. The molecule has 0 fully saturated rings. The second kappa shape index (κ2) is 7.19. The van der Waals surface area contributed by atoms with Gasteiger partial charge in [0, 0.05) is 12.2 Å². The van der Waals surface area contributed by atoms with Gasteiger partial charge in [-0.25, -0.2) is 9.97 Å². The summed E-state index contributed by atoms with van der Waals surface area (Å²) in [6.07, 6.45) is 1.12. The number of thioether (sulfide) groups is 1. The molecule has 1 atom stereocenters. The van der Waals surface area contributed by atoms with Gasteiger partial charge in [0.05, 0.1) is 6.10 Å². The van der Waals surface area contributed by atoms with Crippen LogP contribution in [-0.2, 0) is 0 Å². The number of hydrogen-bond acceptors (Lipinski definition) is 5. The lowest BCUT2D eigenvalue weighted by molar-refractivity contribution is 0.0910. The zero-order valence-corrected chi connectivity index (χ0v) is 12.7. The topological polar surface area (TPSA) is 75.1 Å². The standard InChI is InChI=1S/C15H17N3O2S/c1-10-8-12(18-15(17-10)21-2)14(20)16-9-13(19)11-6-4-3-5-7-11/h3-8,13,19H,9H2,1-2H3,(H,16,20). The number of carbonyl (C=O) groups excluding carboxylic acids is 1. The minimum Gasteiger partial charge on any atom is -0.387 e. The fourth-order valence-electron chi connectivity index (χ4n) is 1.82. The fraction of sp³-hybridized carbons (Fsp3) is 0.267. The van der Waals surface area contributed by atoms with Crippen molar-refractivity contribution in [3.05, 3.63) is 53.3 Å². The third-order valence-corrected chi connectivity index (χ3v) is 3.44. The maximum absolute atomic E-state index is 12.1. The molecule has 2 N–H and O–H groups in total. The molecule has 0 saturated heterocycles. The molecule has 2 aromatic rings. The first-order chi connectivity index (χ1) is 10.1. The van der Waals surface area contributed by atoms with Crippen LogP contribution in [0.25, 0.3) is 0 Å². The van der Waals surface area contributed by atoms with Crippen molar-refractivity contribution in [3.63, 3.8) is 0 Å². The number of aromatic nitrogens is 2. The van der Waals surface area contributed by atoms with Gasteiger partial charge in [-0.15, -0.1) is 0 Å². The number of hydrogen-bond donors (Lipinski definition) is 2. The molecule has 0 saturated carbocycles. The van der Waals surface area contributed by atoms with Gasteiger partial charge in [0.2, 0.25) is 0 Å². The van der Waals surface area contributed by atoms with Gasteiger partial charge >= 0.3 is 0 Å². The highest BCUT2D eigenvalue weighted by atomic mass is 32.2. The fourth-order valence-corrected chi connectivity index (χ4v) is 2.25. The average Bonchev–Trinajstić information content (AvgIpc) is 2.52. The minimum atomic E-state index is -0.738. The molecule has 1 heterocycles. The number of aliphatic hydroxyl groups is 1. The van der Waals surface area contributed by atoms with Gasteiger partial charge in [-0.05, 0) is 24.8 Å². The van der Waals surface area contributed by atoms with Gasteiger partial charge in [-0.3, -0.25) is 4.79 Å². The summed E-state index contributed by atoms with van der Waals surface area (Å²) in [5, 5.41) is 13.3. The Bertz CT molecular complexity index is 620. The van der Waals surface area contributed by atoms with E-state index in [0.717, 1.165) is 11.3 Å². The monoisotopic (exact) mass is 303 g/mol. The summed E-state index contributed by atoms with van der Waals surface area (Å²) < 4.78 is 0. The molecule has 0 aliphatic heterocycles. The van der Waals surface area contributed by atoms with Crippen molar-refractivity contribution in [2.24, 2.45) is 0 Å². The van der Waals surface area contributed by atoms with E-state index in [1.165, 1.54) is 11.8 Å². The summed E-state index contributed by atoms with van der Waals surface area (Å²) in [4.78, 5) is 20.4. The van der Waals surface area contributed by atoms with Crippen LogP contribution >= 0.6 is 11.8 Å². The van der Waals surface area contributed by atoms with Crippen LogP contribution in [0.4, 0.5) is 0 Å². The molecule has 0 aliphatic carbocycles. The van der Waals surface area contributed by atoms with Crippen molar-refractivity contribution in [3.8, 4) is 0 Å². The van der Waals surface area contributed by atoms with Crippen LogP contribution in [-0.4, -0.2) is 33.8 Å². The van der Waals surface area contributed by atoms with Crippen molar-refractivity contribution in [2.75, 3.05) is 12.8 Å². The van der Waals surface area contributed by atoms with Crippen molar-refractivity contribution in [1.29, 1.82) is 0 Å². The molecular formula is C15H17N3O2S. The molecule has 0 aliphatic rings. The number of aryl methyl sites for hydroxylation is 1. The van der Waals surface area contributed by atoms with E-state index in [-0.39, 0.29) is 12.5 Å². The summed E-state index contributed by atoms with van der Waals surface area (Å²) in [5.41, 5.74) is 1.82. The third kappa shape index (κ3) is 4.27. The molecule has 1 aromatic heterocycles. The van der Waals surface area contributed by atoms with Crippen molar-refractivity contribution < 1.29 is 9.90 Å². The Labute approximate surface area is 127 Å². The number of benzene rings is 1. The highest BCUT2D eigenvalue weighted by Crippen LogP contribution is 2.12. The van der Waals surface area contributed by atoms with Crippen molar-refractivity contribution >= 4 is 17.7 Å². The van der Waals surface area contributed by atoms with Gasteiger partial charge in [0.15, 0.2) is 5.16 Å². The normalized spacial score (nSPS) is 12.0. The second-order valence-corrected chi connectivity index (χ2v) is 5.29. The Kier molecular flexibility index (Phi) is 5.30.